The Morgan fingerprint density at radius 1 is 1.50 bits per heavy atom. The van der Waals surface area contributed by atoms with Crippen LogP contribution < -0.4 is 5.32 Å². The van der Waals surface area contributed by atoms with Gasteiger partial charge in [0, 0.05) is 24.8 Å². The molecule has 3 nitrogen and oxygen atoms in total. The van der Waals surface area contributed by atoms with Gasteiger partial charge in [0.1, 0.15) is 0 Å². The molecule has 1 amide bonds. The summed E-state index contributed by atoms with van der Waals surface area (Å²) in [6.45, 7) is 4.81. The fourth-order valence-electron chi connectivity index (χ4n) is 1.10. The SMILES string of the molecule is CSCC(C)C(=O)NCC(C)CCO. The number of carbonyl (C=O) groups excluding carboxylic acids is 1. The standard InChI is InChI=1S/C10H21NO2S/c1-8(4-5-12)6-11-10(13)9(2)7-14-3/h8-9,12H,4-7H2,1-3H3,(H,11,13). The van der Waals surface area contributed by atoms with Crippen LogP contribution in [0.1, 0.15) is 20.3 Å². The lowest BCUT2D eigenvalue weighted by atomic mass is 10.1. The number of aliphatic hydroxyl groups excluding tert-OH is 1. The summed E-state index contributed by atoms with van der Waals surface area (Å²) in [5.74, 6) is 1.40. The first kappa shape index (κ1) is 13.8. The Balaban J connectivity index is 3.61. The molecule has 0 aliphatic carbocycles. The van der Waals surface area contributed by atoms with Gasteiger partial charge in [-0.25, -0.2) is 0 Å². The Morgan fingerprint density at radius 2 is 2.14 bits per heavy atom. The van der Waals surface area contributed by atoms with Crippen LogP contribution in [0.2, 0.25) is 0 Å². The molecule has 14 heavy (non-hydrogen) atoms. The highest BCUT2D eigenvalue weighted by molar-refractivity contribution is 7.98. The molecule has 0 aliphatic rings. The quantitative estimate of drug-likeness (QED) is 0.674. The second kappa shape index (κ2) is 8.12. The van der Waals surface area contributed by atoms with Crippen molar-refractivity contribution >= 4 is 17.7 Å². The second-order valence-electron chi connectivity index (χ2n) is 3.72. The zero-order valence-electron chi connectivity index (χ0n) is 9.25. The number of hydrogen-bond acceptors (Lipinski definition) is 3. The highest BCUT2D eigenvalue weighted by Gasteiger charge is 2.12. The third-order valence-electron chi connectivity index (χ3n) is 2.11. The Kier molecular flexibility index (Phi) is 7.99. The van der Waals surface area contributed by atoms with Gasteiger partial charge in [-0.05, 0) is 18.6 Å². The van der Waals surface area contributed by atoms with Gasteiger partial charge in [-0.15, -0.1) is 0 Å². The van der Waals surface area contributed by atoms with Gasteiger partial charge in [0.25, 0.3) is 0 Å². The first-order chi connectivity index (χ1) is 6.61. The van der Waals surface area contributed by atoms with Crippen LogP contribution in [0, 0.1) is 11.8 Å². The van der Waals surface area contributed by atoms with Crippen molar-refractivity contribution in [2.45, 2.75) is 20.3 Å². The van der Waals surface area contributed by atoms with Crippen molar-refractivity contribution in [2.75, 3.05) is 25.2 Å². The molecule has 0 bridgehead atoms. The van der Waals surface area contributed by atoms with Gasteiger partial charge in [0.15, 0.2) is 0 Å². The average Bonchev–Trinajstić information content (AvgIpc) is 2.15. The van der Waals surface area contributed by atoms with E-state index in [1.807, 2.05) is 20.1 Å². The van der Waals surface area contributed by atoms with Crippen LogP contribution in [-0.4, -0.2) is 36.2 Å². The van der Waals surface area contributed by atoms with Crippen molar-refractivity contribution in [3.63, 3.8) is 0 Å². The summed E-state index contributed by atoms with van der Waals surface area (Å²) in [6.07, 6.45) is 2.75. The summed E-state index contributed by atoms with van der Waals surface area (Å²) >= 11 is 1.68. The number of nitrogens with one attached hydrogen (secondary N) is 1. The molecule has 0 fully saturated rings. The van der Waals surface area contributed by atoms with Gasteiger partial charge in [0.05, 0.1) is 0 Å². The van der Waals surface area contributed by atoms with Gasteiger partial charge < -0.3 is 10.4 Å². The maximum Gasteiger partial charge on any atom is 0.223 e. The lowest BCUT2D eigenvalue weighted by molar-refractivity contribution is -0.124. The van der Waals surface area contributed by atoms with E-state index in [9.17, 15) is 4.79 Å². The Labute approximate surface area is 90.7 Å². The Hall–Kier alpha value is -0.220. The smallest absolute Gasteiger partial charge is 0.223 e. The molecule has 0 saturated heterocycles. The van der Waals surface area contributed by atoms with E-state index in [-0.39, 0.29) is 18.4 Å². The minimum Gasteiger partial charge on any atom is -0.396 e. The van der Waals surface area contributed by atoms with Crippen LogP contribution in [0.5, 0.6) is 0 Å². The molecule has 2 atom stereocenters. The molecule has 0 saturated carbocycles. The summed E-state index contributed by atoms with van der Waals surface area (Å²) in [5.41, 5.74) is 0. The van der Waals surface area contributed by atoms with Gasteiger partial charge in [0.2, 0.25) is 5.91 Å². The first-order valence-corrected chi connectivity index (χ1v) is 6.38. The molecular formula is C10H21NO2S. The molecular weight excluding hydrogens is 198 g/mol. The van der Waals surface area contributed by atoms with Crippen molar-refractivity contribution in [1.29, 1.82) is 0 Å². The largest absolute Gasteiger partial charge is 0.396 e. The van der Waals surface area contributed by atoms with Gasteiger partial charge in [-0.1, -0.05) is 13.8 Å². The molecule has 0 heterocycles. The van der Waals surface area contributed by atoms with E-state index in [1.54, 1.807) is 11.8 Å². The predicted octanol–water partition coefficient (Wildman–Crippen LogP) is 1.12. The van der Waals surface area contributed by atoms with Crippen LogP contribution >= 0.6 is 11.8 Å². The Bertz CT molecular complexity index is 164. The number of carbonyl (C=O) groups is 1. The highest BCUT2D eigenvalue weighted by atomic mass is 32.2. The molecule has 0 radical (unpaired) electrons. The van der Waals surface area contributed by atoms with Crippen molar-refractivity contribution < 1.29 is 9.90 Å². The number of amides is 1. The molecule has 0 spiro atoms. The Morgan fingerprint density at radius 3 is 2.64 bits per heavy atom. The van der Waals surface area contributed by atoms with Crippen LogP contribution in [-0.2, 0) is 4.79 Å². The third kappa shape index (κ3) is 6.27. The zero-order valence-corrected chi connectivity index (χ0v) is 10.1. The molecule has 2 N–H and O–H groups in total. The van der Waals surface area contributed by atoms with Gasteiger partial charge >= 0.3 is 0 Å². The summed E-state index contributed by atoms with van der Waals surface area (Å²) in [5, 5.41) is 11.6. The molecule has 0 aliphatic heterocycles. The average molecular weight is 219 g/mol. The lowest BCUT2D eigenvalue weighted by Gasteiger charge is -2.14. The van der Waals surface area contributed by atoms with Crippen molar-refractivity contribution in [3.05, 3.63) is 0 Å². The fraction of sp³-hybridized carbons (Fsp3) is 0.900. The number of hydrogen-bond donors (Lipinski definition) is 2. The third-order valence-corrected chi connectivity index (χ3v) is 2.94. The minimum absolute atomic E-state index is 0.0753. The number of thioether (sulfide) groups is 1. The van der Waals surface area contributed by atoms with Crippen LogP contribution in [0.4, 0.5) is 0 Å². The van der Waals surface area contributed by atoms with E-state index >= 15 is 0 Å². The predicted molar refractivity (Wildman–Crippen MR) is 61.4 cm³/mol. The van der Waals surface area contributed by atoms with Crippen molar-refractivity contribution in [1.82, 2.24) is 5.32 Å². The number of aliphatic hydroxyl groups is 1. The summed E-state index contributed by atoms with van der Waals surface area (Å²) in [7, 11) is 0. The van der Waals surface area contributed by atoms with Gasteiger partial charge in [-0.3, -0.25) is 4.79 Å². The van der Waals surface area contributed by atoms with E-state index in [0.29, 0.717) is 12.5 Å². The molecule has 0 rings (SSSR count). The van der Waals surface area contributed by atoms with Gasteiger partial charge in [-0.2, -0.15) is 11.8 Å². The van der Waals surface area contributed by atoms with Crippen LogP contribution in [0.25, 0.3) is 0 Å². The van der Waals surface area contributed by atoms with Crippen LogP contribution in [0.3, 0.4) is 0 Å². The monoisotopic (exact) mass is 219 g/mol. The van der Waals surface area contributed by atoms with E-state index < -0.39 is 0 Å². The van der Waals surface area contributed by atoms with E-state index in [2.05, 4.69) is 5.32 Å². The second-order valence-corrected chi connectivity index (χ2v) is 4.63. The molecule has 0 aromatic carbocycles. The topological polar surface area (TPSA) is 49.3 Å². The minimum atomic E-state index is 0.0753. The van der Waals surface area contributed by atoms with E-state index in [0.717, 1.165) is 12.2 Å². The van der Waals surface area contributed by atoms with Crippen molar-refractivity contribution in [3.8, 4) is 0 Å². The summed E-state index contributed by atoms with van der Waals surface area (Å²) in [6, 6.07) is 0. The molecule has 2 unspecified atom stereocenters. The zero-order chi connectivity index (χ0) is 11.0. The molecule has 4 heteroatoms. The summed E-state index contributed by atoms with van der Waals surface area (Å²) < 4.78 is 0. The van der Waals surface area contributed by atoms with Crippen LogP contribution in [0.15, 0.2) is 0 Å². The lowest BCUT2D eigenvalue weighted by Crippen LogP contribution is -2.33. The maximum atomic E-state index is 11.5. The first-order valence-electron chi connectivity index (χ1n) is 4.99. The highest BCUT2D eigenvalue weighted by Crippen LogP contribution is 2.05. The maximum absolute atomic E-state index is 11.5. The number of rotatable bonds is 7. The molecule has 0 aromatic heterocycles. The van der Waals surface area contributed by atoms with Crippen molar-refractivity contribution in [2.24, 2.45) is 11.8 Å². The molecule has 84 valence electrons. The van der Waals surface area contributed by atoms with E-state index in [1.165, 1.54) is 0 Å². The normalized spacial score (nSPS) is 14.9. The summed E-state index contributed by atoms with van der Waals surface area (Å²) in [4.78, 5) is 11.5. The fourth-order valence-corrected chi connectivity index (χ4v) is 1.75. The van der Waals surface area contributed by atoms with E-state index in [4.69, 9.17) is 5.11 Å². The molecule has 0 aromatic rings.